The largest absolute Gasteiger partial charge is 0.480 e. The number of aromatic nitrogens is 1. The second-order valence-electron chi connectivity index (χ2n) is 2.60. The lowest BCUT2D eigenvalue weighted by atomic mass is 10.1. The van der Waals surface area contributed by atoms with E-state index in [1.54, 1.807) is 0 Å². The van der Waals surface area contributed by atoms with Crippen LogP contribution in [0.15, 0.2) is 18.3 Å². The first-order valence-electron chi connectivity index (χ1n) is 3.69. The molecule has 0 aliphatic heterocycles. The van der Waals surface area contributed by atoms with Gasteiger partial charge in [-0.2, -0.15) is 4.39 Å². The first-order chi connectivity index (χ1) is 6.11. The van der Waals surface area contributed by atoms with Crippen molar-refractivity contribution >= 4 is 18.4 Å². The number of nitrogens with two attached hydrogens (primary N) is 1. The molecule has 0 radical (unpaired) electrons. The van der Waals surface area contributed by atoms with Gasteiger partial charge in [-0.15, -0.1) is 12.4 Å². The number of carbonyl (C=O) groups is 1. The average molecular weight is 221 g/mol. The molecule has 0 fully saturated rings. The Morgan fingerprint density at radius 1 is 1.71 bits per heavy atom. The SMILES string of the molecule is Cl.NC(Cc1cccnc1F)C(=O)O. The fourth-order valence-corrected chi connectivity index (χ4v) is 0.896. The molecule has 78 valence electrons. The first-order valence-corrected chi connectivity index (χ1v) is 3.69. The van der Waals surface area contributed by atoms with E-state index in [9.17, 15) is 9.18 Å². The zero-order chi connectivity index (χ0) is 9.84. The van der Waals surface area contributed by atoms with Gasteiger partial charge in [0.1, 0.15) is 6.04 Å². The van der Waals surface area contributed by atoms with Crippen molar-refractivity contribution in [2.45, 2.75) is 12.5 Å². The second-order valence-corrected chi connectivity index (χ2v) is 2.60. The molecule has 1 heterocycles. The minimum absolute atomic E-state index is 0. The Morgan fingerprint density at radius 2 is 2.36 bits per heavy atom. The van der Waals surface area contributed by atoms with Gasteiger partial charge in [-0.05, 0) is 6.07 Å². The van der Waals surface area contributed by atoms with Crippen LogP contribution in [0.2, 0.25) is 0 Å². The monoisotopic (exact) mass is 220 g/mol. The highest BCUT2D eigenvalue weighted by atomic mass is 35.5. The van der Waals surface area contributed by atoms with E-state index in [0.717, 1.165) is 0 Å². The Balaban J connectivity index is 0.00000169. The molecule has 1 aromatic rings. The normalized spacial score (nSPS) is 11.6. The Hall–Kier alpha value is -1.20. The third-order valence-corrected chi connectivity index (χ3v) is 1.59. The summed E-state index contributed by atoms with van der Waals surface area (Å²) >= 11 is 0. The molecular weight excluding hydrogens is 211 g/mol. The molecule has 0 aromatic carbocycles. The maximum atomic E-state index is 12.9. The summed E-state index contributed by atoms with van der Waals surface area (Å²) in [6.07, 6.45) is 1.25. The Morgan fingerprint density at radius 3 is 2.86 bits per heavy atom. The average Bonchev–Trinajstić information content (AvgIpc) is 2.08. The van der Waals surface area contributed by atoms with Crippen LogP contribution in [0.25, 0.3) is 0 Å². The second kappa shape index (κ2) is 5.51. The van der Waals surface area contributed by atoms with Crippen LogP contribution in [-0.2, 0) is 11.2 Å². The molecular formula is C8H10ClFN2O2. The quantitative estimate of drug-likeness (QED) is 0.732. The summed E-state index contributed by atoms with van der Waals surface area (Å²) in [5.74, 6) is -1.82. The van der Waals surface area contributed by atoms with E-state index >= 15 is 0 Å². The maximum Gasteiger partial charge on any atom is 0.320 e. The van der Waals surface area contributed by atoms with E-state index in [-0.39, 0.29) is 24.4 Å². The molecule has 1 unspecified atom stereocenters. The van der Waals surface area contributed by atoms with Crippen molar-refractivity contribution in [3.63, 3.8) is 0 Å². The Bertz CT molecular complexity index is 322. The number of pyridine rings is 1. The molecule has 0 amide bonds. The number of hydrogen-bond donors (Lipinski definition) is 2. The van der Waals surface area contributed by atoms with Crippen LogP contribution in [0.4, 0.5) is 4.39 Å². The van der Waals surface area contributed by atoms with Crippen LogP contribution in [-0.4, -0.2) is 22.1 Å². The number of carboxylic acid groups (broad SMARTS) is 1. The van der Waals surface area contributed by atoms with Gasteiger partial charge in [-0.25, -0.2) is 4.98 Å². The molecule has 6 heteroatoms. The smallest absolute Gasteiger partial charge is 0.320 e. The van der Waals surface area contributed by atoms with Crippen LogP contribution in [0.5, 0.6) is 0 Å². The highest BCUT2D eigenvalue weighted by Gasteiger charge is 2.14. The van der Waals surface area contributed by atoms with E-state index in [4.69, 9.17) is 10.8 Å². The molecule has 0 bridgehead atoms. The van der Waals surface area contributed by atoms with Crippen molar-refractivity contribution < 1.29 is 14.3 Å². The summed E-state index contributed by atoms with van der Waals surface area (Å²) in [6, 6.07) is 1.91. The van der Waals surface area contributed by atoms with Crippen molar-refractivity contribution in [3.05, 3.63) is 29.8 Å². The minimum atomic E-state index is -1.15. The van der Waals surface area contributed by atoms with Gasteiger partial charge in [0.2, 0.25) is 5.95 Å². The van der Waals surface area contributed by atoms with Gasteiger partial charge in [0, 0.05) is 18.2 Å². The topological polar surface area (TPSA) is 76.2 Å². The molecule has 1 rings (SSSR count). The van der Waals surface area contributed by atoms with E-state index in [2.05, 4.69) is 4.98 Å². The van der Waals surface area contributed by atoms with Crippen molar-refractivity contribution in [1.29, 1.82) is 0 Å². The van der Waals surface area contributed by atoms with Gasteiger partial charge >= 0.3 is 5.97 Å². The first kappa shape index (κ1) is 12.8. The lowest BCUT2D eigenvalue weighted by molar-refractivity contribution is -0.138. The van der Waals surface area contributed by atoms with Crippen LogP contribution in [0.1, 0.15) is 5.56 Å². The molecule has 0 saturated heterocycles. The molecule has 0 spiro atoms. The predicted octanol–water partition coefficient (Wildman–Crippen LogP) is 0.597. The third kappa shape index (κ3) is 3.27. The zero-order valence-electron chi connectivity index (χ0n) is 7.18. The summed E-state index contributed by atoms with van der Waals surface area (Å²) in [7, 11) is 0. The summed E-state index contributed by atoms with van der Waals surface area (Å²) < 4.78 is 12.9. The molecule has 0 aliphatic carbocycles. The van der Waals surface area contributed by atoms with Crippen LogP contribution >= 0.6 is 12.4 Å². The van der Waals surface area contributed by atoms with Crippen LogP contribution in [0, 0.1) is 5.95 Å². The summed E-state index contributed by atoms with van der Waals surface area (Å²) in [5.41, 5.74) is 5.44. The predicted molar refractivity (Wildman–Crippen MR) is 50.8 cm³/mol. The van der Waals surface area contributed by atoms with Crippen LogP contribution < -0.4 is 5.73 Å². The highest BCUT2D eigenvalue weighted by molar-refractivity contribution is 5.85. The Labute approximate surface area is 86.4 Å². The minimum Gasteiger partial charge on any atom is -0.480 e. The molecule has 3 N–H and O–H groups in total. The zero-order valence-corrected chi connectivity index (χ0v) is 8.00. The van der Waals surface area contributed by atoms with Gasteiger partial charge < -0.3 is 10.8 Å². The van der Waals surface area contributed by atoms with E-state index in [0.29, 0.717) is 0 Å². The molecule has 1 aromatic heterocycles. The van der Waals surface area contributed by atoms with E-state index in [1.807, 2.05) is 0 Å². The standard InChI is InChI=1S/C8H9FN2O2.ClH/c9-7-5(2-1-3-11-7)4-6(10)8(12)13;/h1-3,6H,4,10H2,(H,12,13);1H. The Kier molecular flexibility index (Phi) is 5.04. The number of halogens is 2. The summed E-state index contributed by atoms with van der Waals surface area (Å²) in [4.78, 5) is 13.7. The van der Waals surface area contributed by atoms with Gasteiger partial charge in [-0.3, -0.25) is 4.79 Å². The molecule has 0 saturated carbocycles. The fraction of sp³-hybridized carbons (Fsp3) is 0.250. The number of carboxylic acids is 1. The van der Waals surface area contributed by atoms with Gasteiger partial charge in [0.15, 0.2) is 0 Å². The lowest BCUT2D eigenvalue weighted by Crippen LogP contribution is -2.32. The highest BCUT2D eigenvalue weighted by Crippen LogP contribution is 2.05. The van der Waals surface area contributed by atoms with E-state index in [1.165, 1.54) is 18.3 Å². The van der Waals surface area contributed by atoms with Crippen molar-refractivity contribution in [2.24, 2.45) is 5.73 Å². The van der Waals surface area contributed by atoms with Gasteiger partial charge in [0.05, 0.1) is 0 Å². The van der Waals surface area contributed by atoms with Crippen molar-refractivity contribution in [1.82, 2.24) is 4.98 Å². The number of rotatable bonds is 3. The van der Waals surface area contributed by atoms with Crippen molar-refractivity contribution in [2.75, 3.05) is 0 Å². The fourth-order valence-electron chi connectivity index (χ4n) is 0.896. The molecule has 0 aliphatic rings. The van der Waals surface area contributed by atoms with Gasteiger partial charge in [0.25, 0.3) is 0 Å². The third-order valence-electron chi connectivity index (χ3n) is 1.59. The number of hydrogen-bond acceptors (Lipinski definition) is 3. The van der Waals surface area contributed by atoms with Gasteiger partial charge in [-0.1, -0.05) is 6.07 Å². The maximum absolute atomic E-state index is 12.9. The number of nitrogens with zero attached hydrogens (tertiary/aromatic N) is 1. The number of aliphatic carboxylic acids is 1. The molecule has 4 nitrogen and oxygen atoms in total. The summed E-state index contributed by atoms with van der Waals surface area (Å²) in [5, 5.41) is 8.47. The summed E-state index contributed by atoms with van der Waals surface area (Å²) in [6.45, 7) is 0. The molecule has 1 atom stereocenters. The molecule has 14 heavy (non-hydrogen) atoms. The van der Waals surface area contributed by atoms with Crippen LogP contribution in [0.3, 0.4) is 0 Å². The van der Waals surface area contributed by atoms with E-state index < -0.39 is 18.0 Å². The lowest BCUT2D eigenvalue weighted by Gasteiger charge is -2.05. The van der Waals surface area contributed by atoms with Crippen molar-refractivity contribution in [3.8, 4) is 0 Å².